The van der Waals surface area contributed by atoms with Gasteiger partial charge in [0.25, 0.3) is 0 Å². The van der Waals surface area contributed by atoms with Crippen LogP contribution >= 0.6 is 11.6 Å². The molecule has 0 amide bonds. The van der Waals surface area contributed by atoms with Gasteiger partial charge in [-0.05, 0) is 35.4 Å². The fourth-order valence-corrected chi connectivity index (χ4v) is 1.87. The third-order valence-electron chi connectivity index (χ3n) is 2.48. The van der Waals surface area contributed by atoms with Gasteiger partial charge in [0.15, 0.2) is 0 Å². The van der Waals surface area contributed by atoms with Gasteiger partial charge in [-0.25, -0.2) is 0 Å². The Bertz CT molecular complexity index is 587. The molecule has 0 aliphatic carbocycles. The van der Waals surface area contributed by atoms with Gasteiger partial charge in [-0.2, -0.15) is 5.26 Å². The number of ether oxygens (including phenoxy) is 1. The minimum atomic E-state index is 0.562. The Kier molecular flexibility index (Phi) is 3.32. The van der Waals surface area contributed by atoms with E-state index in [1.165, 1.54) is 0 Å². The molecule has 0 bridgehead atoms. The molecule has 0 aromatic heterocycles. The van der Waals surface area contributed by atoms with Crippen LogP contribution in [-0.4, -0.2) is 7.11 Å². The highest BCUT2D eigenvalue weighted by Gasteiger charge is 2.04. The van der Waals surface area contributed by atoms with Crippen molar-refractivity contribution in [2.75, 3.05) is 7.11 Å². The third-order valence-corrected chi connectivity index (χ3v) is 2.77. The largest absolute Gasteiger partial charge is 0.495 e. The molecule has 2 aromatic carbocycles. The molecule has 0 aliphatic rings. The van der Waals surface area contributed by atoms with Crippen LogP contribution in [0.1, 0.15) is 5.56 Å². The van der Waals surface area contributed by atoms with Gasteiger partial charge in [0.05, 0.1) is 23.8 Å². The second-order valence-corrected chi connectivity index (χ2v) is 3.95. The van der Waals surface area contributed by atoms with Gasteiger partial charge in [-0.3, -0.25) is 0 Å². The average Bonchev–Trinajstić information content (AvgIpc) is 2.38. The maximum atomic E-state index is 8.85. The van der Waals surface area contributed by atoms with Gasteiger partial charge < -0.3 is 4.74 Å². The normalized spacial score (nSPS) is 9.71. The van der Waals surface area contributed by atoms with Crippen molar-refractivity contribution >= 4 is 11.6 Å². The zero-order valence-electron chi connectivity index (χ0n) is 9.27. The van der Waals surface area contributed by atoms with Gasteiger partial charge in [-0.1, -0.05) is 29.8 Å². The summed E-state index contributed by atoms with van der Waals surface area (Å²) in [5.41, 5.74) is 2.57. The Balaban J connectivity index is 2.46. The molecular formula is C14H10ClNO. The number of hydrogen-bond acceptors (Lipinski definition) is 2. The van der Waals surface area contributed by atoms with Crippen LogP contribution in [-0.2, 0) is 0 Å². The second-order valence-electron chi connectivity index (χ2n) is 3.54. The van der Waals surface area contributed by atoms with E-state index in [0.29, 0.717) is 16.3 Å². The Morgan fingerprint density at radius 2 is 1.88 bits per heavy atom. The molecule has 0 radical (unpaired) electrons. The van der Waals surface area contributed by atoms with Crippen molar-refractivity contribution in [1.82, 2.24) is 0 Å². The Morgan fingerprint density at radius 3 is 2.53 bits per heavy atom. The minimum absolute atomic E-state index is 0.562. The molecule has 2 aromatic rings. The van der Waals surface area contributed by atoms with Crippen LogP contribution in [0.5, 0.6) is 5.75 Å². The molecule has 3 heteroatoms. The first kappa shape index (κ1) is 11.5. The van der Waals surface area contributed by atoms with Crippen LogP contribution in [0.25, 0.3) is 11.1 Å². The number of methoxy groups -OCH3 is 1. The van der Waals surface area contributed by atoms with Gasteiger partial charge in [0, 0.05) is 0 Å². The van der Waals surface area contributed by atoms with E-state index in [2.05, 4.69) is 6.07 Å². The average molecular weight is 244 g/mol. The summed E-state index contributed by atoms with van der Waals surface area (Å²) in [5, 5.41) is 9.41. The number of benzene rings is 2. The number of halogens is 1. The molecule has 0 spiro atoms. The summed E-state index contributed by atoms with van der Waals surface area (Å²) < 4.78 is 5.10. The van der Waals surface area contributed by atoms with E-state index < -0.39 is 0 Å². The maximum absolute atomic E-state index is 8.85. The van der Waals surface area contributed by atoms with Crippen molar-refractivity contribution < 1.29 is 4.74 Å². The minimum Gasteiger partial charge on any atom is -0.495 e. The summed E-state index contributed by atoms with van der Waals surface area (Å²) in [5.74, 6) is 0.645. The van der Waals surface area contributed by atoms with Gasteiger partial charge in [0.1, 0.15) is 5.75 Å². The van der Waals surface area contributed by atoms with E-state index in [0.717, 1.165) is 11.1 Å². The molecule has 17 heavy (non-hydrogen) atoms. The first-order valence-electron chi connectivity index (χ1n) is 5.08. The number of nitrogens with zero attached hydrogens (tertiary/aromatic N) is 1. The van der Waals surface area contributed by atoms with Crippen LogP contribution < -0.4 is 4.74 Å². The molecule has 0 heterocycles. The van der Waals surface area contributed by atoms with E-state index in [-0.39, 0.29) is 0 Å². The molecule has 0 N–H and O–H groups in total. The molecule has 0 unspecified atom stereocenters. The summed E-state index contributed by atoms with van der Waals surface area (Å²) in [6.07, 6.45) is 0. The van der Waals surface area contributed by atoms with Gasteiger partial charge >= 0.3 is 0 Å². The van der Waals surface area contributed by atoms with Crippen molar-refractivity contribution in [3.63, 3.8) is 0 Å². The van der Waals surface area contributed by atoms with E-state index >= 15 is 0 Å². The quantitative estimate of drug-likeness (QED) is 0.802. The Hall–Kier alpha value is -1.98. The van der Waals surface area contributed by atoms with Gasteiger partial charge in [0.2, 0.25) is 0 Å². The van der Waals surface area contributed by atoms with Gasteiger partial charge in [-0.15, -0.1) is 0 Å². The highest BCUT2D eigenvalue weighted by molar-refractivity contribution is 6.32. The predicted octanol–water partition coefficient (Wildman–Crippen LogP) is 3.89. The summed E-state index contributed by atoms with van der Waals surface area (Å²) in [4.78, 5) is 0. The molecule has 0 saturated carbocycles. The molecular weight excluding hydrogens is 234 g/mol. The lowest BCUT2D eigenvalue weighted by Gasteiger charge is -2.06. The highest BCUT2D eigenvalue weighted by Crippen LogP contribution is 2.30. The maximum Gasteiger partial charge on any atom is 0.137 e. The molecule has 0 saturated heterocycles. The number of rotatable bonds is 2. The molecule has 0 fully saturated rings. The Labute approximate surface area is 105 Å². The Morgan fingerprint density at radius 1 is 1.12 bits per heavy atom. The monoisotopic (exact) mass is 243 g/mol. The highest BCUT2D eigenvalue weighted by atomic mass is 35.5. The van der Waals surface area contributed by atoms with E-state index in [4.69, 9.17) is 21.6 Å². The summed E-state index contributed by atoms with van der Waals surface area (Å²) >= 11 is 6.06. The van der Waals surface area contributed by atoms with Crippen molar-refractivity contribution in [2.24, 2.45) is 0 Å². The van der Waals surface area contributed by atoms with Crippen LogP contribution in [0.2, 0.25) is 5.02 Å². The molecule has 84 valence electrons. The molecule has 2 nitrogen and oxygen atoms in total. The van der Waals surface area contributed by atoms with Crippen molar-refractivity contribution in [2.45, 2.75) is 0 Å². The van der Waals surface area contributed by atoms with E-state index in [9.17, 15) is 0 Å². The van der Waals surface area contributed by atoms with Crippen LogP contribution in [0.3, 0.4) is 0 Å². The third kappa shape index (κ3) is 2.41. The van der Waals surface area contributed by atoms with E-state index in [1.807, 2.05) is 36.4 Å². The first-order valence-corrected chi connectivity index (χ1v) is 5.46. The second kappa shape index (κ2) is 4.90. The standard InChI is InChI=1S/C14H10ClNO/c1-17-14-6-5-12(8-13(14)15)11-4-2-3-10(7-11)9-16/h2-8H,1H3. The lowest BCUT2D eigenvalue weighted by molar-refractivity contribution is 0.415. The SMILES string of the molecule is COc1ccc(-c2cccc(C#N)c2)cc1Cl. The van der Waals surface area contributed by atoms with Crippen LogP contribution in [0.15, 0.2) is 42.5 Å². The van der Waals surface area contributed by atoms with Crippen LogP contribution in [0.4, 0.5) is 0 Å². The molecule has 2 rings (SSSR count). The van der Waals surface area contributed by atoms with E-state index in [1.54, 1.807) is 13.2 Å². The summed E-state index contributed by atoms with van der Waals surface area (Å²) in [6, 6.07) is 15.1. The number of hydrogen-bond donors (Lipinski definition) is 0. The molecule has 0 aliphatic heterocycles. The zero-order valence-corrected chi connectivity index (χ0v) is 10.0. The van der Waals surface area contributed by atoms with Crippen molar-refractivity contribution in [3.05, 3.63) is 53.1 Å². The van der Waals surface area contributed by atoms with Crippen LogP contribution in [0, 0.1) is 11.3 Å². The van der Waals surface area contributed by atoms with Crippen molar-refractivity contribution in [3.8, 4) is 22.9 Å². The molecule has 0 atom stereocenters. The summed E-state index contributed by atoms with van der Waals surface area (Å²) in [6.45, 7) is 0. The predicted molar refractivity (Wildman–Crippen MR) is 68.2 cm³/mol. The lowest BCUT2D eigenvalue weighted by Crippen LogP contribution is -1.85. The number of nitriles is 1. The topological polar surface area (TPSA) is 33.0 Å². The lowest BCUT2D eigenvalue weighted by atomic mass is 10.0. The smallest absolute Gasteiger partial charge is 0.137 e. The first-order chi connectivity index (χ1) is 8.24. The zero-order chi connectivity index (χ0) is 12.3. The summed E-state index contributed by atoms with van der Waals surface area (Å²) in [7, 11) is 1.58. The fourth-order valence-electron chi connectivity index (χ4n) is 1.61. The fraction of sp³-hybridized carbons (Fsp3) is 0.0714. The van der Waals surface area contributed by atoms with Crippen molar-refractivity contribution in [1.29, 1.82) is 5.26 Å².